The first-order valence-corrected chi connectivity index (χ1v) is 12.4. The van der Waals surface area contributed by atoms with Crippen LogP contribution in [0.4, 0.5) is 0 Å². The first-order chi connectivity index (χ1) is 16.3. The number of piperazine rings is 1. The normalized spacial score (nSPS) is 16.4. The first kappa shape index (κ1) is 24.6. The molecule has 1 amide bonds. The Bertz CT molecular complexity index is 1110. The number of fused-ring (bicyclic) bond motifs is 1. The van der Waals surface area contributed by atoms with E-state index in [0.29, 0.717) is 46.1 Å². The van der Waals surface area contributed by atoms with Crippen LogP contribution in [0, 0.1) is 5.92 Å². The zero-order valence-electron chi connectivity index (χ0n) is 20.4. The van der Waals surface area contributed by atoms with Crippen LogP contribution in [-0.2, 0) is 0 Å². The highest BCUT2D eigenvalue weighted by Gasteiger charge is 2.27. The molecule has 0 bridgehead atoms. The van der Waals surface area contributed by atoms with Crippen molar-refractivity contribution in [3.63, 3.8) is 0 Å². The van der Waals surface area contributed by atoms with E-state index in [4.69, 9.17) is 11.6 Å². The van der Waals surface area contributed by atoms with Gasteiger partial charge < -0.3 is 5.32 Å². The van der Waals surface area contributed by atoms with Gasteiger partial charge in [-0.15, -0.1) is 0 Å². The summed E-state index contributed by atoms with van der Waals surface area (Å²) < 4.78 is 1.72. The van der Waals surface area contributed by atoms with Gasteiger partial charge in [0, 0.05) is 69.6 Å². The first-order valence-electron chi connectivity index (χ1n) is 12.0. The van der Waals surface area contributed by atoms with Crippen molar-refractivity contribution in [3.8, 4) is 5.95 Å². The molecule has 3 aromatic heterocycles. The minimum Gasteiger partial charge on any atom is -0.350 e. The molecule has 1 fully saturated rings. The highest BCUT2D eigenvalue weighted by Crippen LogP contribution is 2.28. The maximum atomic E-state index is 13.4. The van der Waals surface area contributed by atoms with Gasteiger partial charge in [0.15, 0.2) is 0 Å². The van der Waals surface area contributed by atoms with Crippen molar-refractivity contribution in [2.75, 3.05) is 32.7 Å². The SMILES string of the molecule is CC(C)CC(CNC(=O)c1cn(-c2ncccn2)c2nccc(Cl)c12)N1CCN(C(C)C)CC1. The Hall–Kier alpha value is -2.55. The van der Waals surface area contributed by atoms with Crippen molar-refractivity contribution in [2.24, 2.45) is 5.92 Å². The lowest BCUT2D eigenvalue weighted by Crippen LogP contribution is -2.54. The Morgan fingerprint density at radius 3 is 2.35 bits per heavy atom. The smallest absolute Gasteiger partial charge is 0.253 e. The standard InChI is InChI=1S/C25H34ClN7O/c1-17(2)14-19(32-12-10-31(11-13-32)18(3)4)15-30-24(34)20-16-33(25-28-7-5-8-29-25)23-22(20)21(26)6-9-27-23/h5-9,16-19H,10-15H2,1-4H3,(H,30,34). The molecule has 1 unspecified atom stereocenters. The van der Waals surface area contributed by atoms with E-state index in [0.717, 1.165) is 32.6 Å². The number of halogens is 1. The van der Waals surface area contributed by atoms with E-state index in [1.54, 1.807) is 41.5 Å². The van der Waals surface area contributed by atoms with Gasteiger partial charge in [-0.2, -0.15) is 0 Å². The monoisotopic (exact) mass is 483 g/mol. The van der Waals surface area contributed by atoms with E-state index in [2.05, 4.69) is 57.8 Å². The average Bonchev–Trinajstić information content (AvgIpc) is 3.23. The number of aromatic nitrogens is 4. The minimum absolute atomic E-state index is 0.163. The van der Waals surface area contributed by atoms with E-state index >= 15 is 0 Å². The molecule has 1 saturated heterocycles. The molecule has 34 heavy (non-hydrogen) atoms. The summed E-state index contributed by atoms with van der Waals surface area (Å²) in [5.74, 6) is 0.826. The maximum absolute atomic E-state index is 13.4. The molecule has 0 aliphatic carbocycles. The van der Waals surface area contributed by atoms with Crippen molar-refractivity contribution >= 4 is 28.5 Å². The molecule has 0 radical (unpaired) electrons. The summed E-state index contributed by atoms with van der Waals surface area (Å²) in [5, 5.41) is 4.28. The summed E-state index contributed by atoms with van der Waals surface area (Å²) >= 11 is 6.51. The summed E-state index contributed by atoms with van der Waals surface area (Å²) in [4.78, 5) is 31.5. The van der Waals surface area contributed by atoms with Crippen LogP contribution in [-0.4, -0.2) is 80.0 Å². The third-order valence-corrected chi connectivity index (χ3v) is 6.80. The van der Waals surface area contributed by atoms with Crippen LogP contribution in [0.15, 0.2) is 36.9 Å². The summed E-state index contributed by atoms with van der Waals surface area (Å²) in [7, 11) is 0. The number of rotatable bonds is 8. The van der Waals surface area contributed by atoms with E-state index < -0.39 is 0 Å². The molecule has 0 aromatic carbocycles. The van der Waals surface area contributed by atoms with Gasteiger partial charge in [-0.25, -0.2) is 15.0 Å². The number of amides is 1. The molecule has 1 aliphatic rings. The van der Waals surface area contributed by atoms with Crippen molar-refractivity contribution in [1.82, 2.24) is 34.6 Å². The molecular weight excluding hydrogens is 450 g/mol. The van der Waals surface area contributed by atoms with Crippen LogP contribution in [0.3, 0.4) is 0 Å². The highest BCUT2D eigenvalue weighted by atomic mass is 35.5. The van der Waals surface area contributed by atoms with Crippen molar-refractivity contribution in [1.29, 1.82) is 0 Å². The van der Waals surface area contributed by atoms with E-state index in [1.807, 2.05) is 0 Å². The molecule has 1 aliphatic heterocycles. The summed E-state index contributed by atoms with van der Waals surface area (Å²) in [6, 6.07) is 4.30. The number of carbonyl (C=O) groups excluding carboxylic acids is 1. The molecule has 9 heteroatoms. The topological polar surface area (TPSA) is 79.2 Å². The second kappa shape index (κ2) is 10.8. The Morgan fingerprint density at radius 2 is 1.71 bits per heavy atom. The van der Waals surface area contributed by atoms with Gasteiger partial charge in [0.25, 0.3) is 5.91 Å². The molecule has 4 rings (SSSR count). The van der Waals surface area contributed by atoms with Crippen LogP contribution >= 0.6 is 11.6 Å². The van der Waals surface area contributed by atoms with E-state index in [9.17, 15) is 4.79 Å². The highest BCUT2D eigenvalue weighted by molar-refractivity contribution is 6.36. The van der Waals surface area contributed by atoms with Gasteiger partial charge in [0.2, 0.25) is 5.95 Å². The third-order valence-electron chi connectivity index (χ3n) is 6.49. The minimum atomic E-state index is -0.163. The van der Waals surface area contributed by atoms with Crippen molar-refractivity contribution < 1.29 is 4.79 Å². The number of hydrogen-bond acceptors (Lipinski definition) is 6. The molecule has 1 atom stereocenters. The maximum Gasteiger partial charge on any atom is 0.253 e. The van der Waals surface area contributed by atoms with Gasteiger partial charge in [0.05, 0.1) is 16.0 Å². The second-order valence-electron chi connectivity index (χ2n) is 9.61. The fraction of sp³-hybridized carbons (Fsp3) is 0.520. The fourth-order valence-corrected chi connectivity index (χ4v) is 4.93. The van der Waals surface area contributed by atoms with Crippen LogP contribution in [0.5, 0.6) is 0 Å². The molecule has 4 heterocycles. The number of nitrogens with zero attached hydrogens (tertiary/aromatic N) is 6. The van der Waals surface area contributed by atoms with Crippen LogP contribution in [0.2, 0.25) is 5.02 Å². The van der Waals surface area contributed by atoms with E-state index in [1.165, 1.54) is 0 Å². The molecule has 8 nitrogen and oxygen atoms in total. The number of hydrogen-bond donors (Lipinski definition) is 1. The van der Waals surface area contributed by atoms with Gasteiger partial charge in [-0.3, -0.25) is 19.2 Å². The Morgan fingerprint density at radius 1 is 1.03 bits per heavy atom. The van der Waals surface area contributed by atoms with Gasteiger partial charge in [-0.1, -0.05) is 25.4 Å². The van der Waals surface area contributed by atoms with Gasteiger partial charge in [-0.05, 0) is 38.3 Å². The molecule has 3 aromatic rings. The summed E-state index contributed by atoms with van der Waals surface area (Å²) in [6.45, 7) is 13.7. The quantitative estimate of drug-likeness (QED) is 0.527. The lowest BCUT2D eigenvalue weighted by molar-refractivity contribution is 0.0675. The van der Waals surface area contributed by atoms with Crippen LogP contribution in [0.1, 0.15) is 44.5 Å². The average molecular weight is 484 g/mol. The predicted molar refractivity (Wildman–Crippen MR) is 136 cm³/mol. The van der Waals surface area contributed by atoms with Crippen molar-refractivity contribution in [2.45, 2.75) is 46.2 Å². The molecule has 0 saturated carbocycles. The zero-order valence-corrected chi connectivity index (χ0v) is 21.2. The Balaban J connectivity index is 1.54. The van der Waals surface area contributed by atoms with Gasteiger partial charge >= 0.3 is 0 Å². The predicted octanol–water partition coefficient (Wildman–Crippen LogP) is 3.64. The third kappa shape index (κ3) is 5.40. The fourth-order valence-electron chi connectivity index (χ4n) is 4.69. The molecule has 1 N–H and O–H groups in total. The summed E-state index contributed by atoms with van der Waals surface area (Å²) in [6.07, 6.45) is 7.71. The number of pyridine rings is 1. The van der Waals surface area contributed by atoms with E-state index in [-0.39, 0.29) is 11.9 Å². The number of nitrogens with one attached hydrogen (secondary N) is 1. The summed E-state index contributed by atoms with van der Waals surface area (Å²) in [5.41, 5.74) is 1.04. The lowest BCUT2D eigenvalue weighted by Gasteiger charge is -2.41. The van der Waals surface area contributed by atoms with Crippen LogP contribution in [0.25, 0.3) is 17.0 Å². The van der Waals surface area contributed by atoms with Crippen LogP contribution < -0.4 is 5.32 Å². The Labute approximate surface area is 206 Å². The van der Waals surface area contributed by atoms with Crippen molar-refractivity contribution in [3.05, 3.63) is 47.5 Å². The zero-order chi connectivity index (χ0) is 24.2. The van der Waals surface area contributed by atoms with Gasteiger partial charge in [0.1, 0.15) is 5.65 Å². The Kier molecular flexibility index (Phi) is 7.80. The second-order valence-corrected chi connectivity index (χ2v) is 10.0. The number of carbonyl (C=O) groups is 1. The lowest BCUT2D eigenvalue weighted by atomic mass is 10.0. The molecule has 182 valence electrons. The molecular formula is C25H34ClN7O. The largest absolute Gasteiger partial charge is 0.350 e. The molecule has 0 spiro atoms.